The van der Waals surface area contributed by atoms with Crippen molar-refractivity contribution >= 4 is 33.4 Å². The van der Waals surface area contributed by atoms with Gasteiger partial charge in [0.15, 0.2) is 0 Å². The van der Waals surface area contributed by atoms with Gasteiger partial charge in [0.1, 0.15) is 0 Å². The van der Waals surface area contributed by atoms with E-state index in [-0.39, 0.29) is 10.8 Å². The van der Waals surface area contributed by atoms with Crippen LogP contribution < -0.4 is 5.32 Å². The molecular formula is C13H18N2O3S2. The number of benzene rings is 1. The summed E-state index contributed by atoms with van der Waals surface area (Å²) in [6.45, 7) is 1.18. The summed E-state index contributed by atoms with van der Waals surface area (Å²) in [7, 11) is -3.38. The van der Waals surface area contributed by atoms with Gasteiger partial charge in [0, 0.05) is 18.8 Å². The lowest BCUT2D eigenvalue weighted by atomic mass is 10.3. The number of carbonyl (C=O) groups excluding carboxylic acids is 1. The summed E-state index contributed by atoms with van der Waals surface area (Å²) in [5.74, 6) is 0.293. The topological polar surface area (TPSA) is 66.5 Å². The van der Waals surface area contributed by atoms with E-state index in [2.05, 4.69) is 5.32 Å². The molecular weight excluding hydrogens is 296 g/mol. The van der Waals surface area contributed by atoms with Gasteiger partial charge in [0.05, 0.1) is 10.6 Å². The first-order valence-corrected chi connectivity index (χ1v) is 9.26. The Hall–Kier alpha value is -1.05. The number of hydrogen-bond acceptors (Lipinski definition) is 4. The van der Waals surface area contributed by atoms with Crippen molar-refractivity contribution in [2.75, 3.05) is 30.4 Å². The van der Waals surface area contributed by atoms with Crippen LogP contribution in [0.15, 0.2) is 29.2 Å². The van der Waals surface area contributed by atoms with Gasteiger partial charge in [0.2, 0.25) is 15.9 Å². The Balaban J connectivity index is 2.09. The zero-order chi connectivity index (χ0) is 14.6. The maximum atomic E-state index is 12.3. The molecule has 1 aliphatic rings. The smallest absolute Gasteiger partial charge is 0.243 e. The van der Waals surface area contributed by atoms with E-state index in [0.29, 0.717) is 24.5 Å². The molecule has 0 unspecified atom stereocenters. The third-order valence-electron chi connectivity index (χ3n) is 3.12. The van der Waals surface area contributed by atoms with E-state index in [1.54, 1.807) is 24.3 Å². The number of rotatable bonds is 5. The van der Waals surface area contributed by atoms with Crippen LogP contribution in [-0.2, 0) is 14.8 Å². The molecule has 1 aromatic carbocycles. The lowest BCUT2D eigenvalue weighted by Crippen LogP contribution is -2.27. The first-order valence-electron chi connectivity index (χ1n) is 6.43. The number of thioether (sulfide) groups is 1. The Bertz CT molecular complexity index is 564. The number of anilines is 1. The number of sulfonamides is 1. The molecule has 1 saturated heterocycles. The Morgan fingerprint density at radius 3 is 2.40 bits per heavy atom. The number of nitrogens with zero attached hydrogens (tertiary/aromatic N) is 1. The molecule has 7 heteroatoms. The molecule has 0 spiro atoms. The molecule has 0 saturated carbocycles. The molecule has 1 fully saturated rings. The summed E-state index contributed by atoms with van der Waals surface area (Å²) < 4.78 is 26.1. The predicted octanol–water partition coefficient (Wildman–Crippen LogP) is 1.77. The van der Waals surface area contributed by atoms with Crippen LogP contribution in [0, 0.1) is 0 Å². The van der Waals surface area contributed by atoms with E-state index in [1.807, 2.05) is 6.26 Å². The minimum absolute atomic E-state index is 0.0901. The highest BCUT2D eigenvalue weighted by Gasteiger charge is 2.26. The molecule has 20 heavy (non-hydrogen) atoms. The molecule has 0 atom stereocenters. The van der Waals surface area contributed by atoms with Crippen LogP contribution in [0.1, 0.15) is 12.8 Å². The standard InChI is InChI=1S/C13H18N2O3S2/c1-19-10-13(16)14-11-4-6-12(7-5-11)20(17,18)15-8-2-3-9-15/h4-7H,2-3,8-10H2,1H3,(H,14,16). The molecule has 1 aliphatic heterocycles. The fourth-order valence-corrected chi connectivity index (χ4v) is 3.97. The third kappa shape index (κ3) is 3.53. The number of hydrogen-bond donors (Lipinski definition) is 1. The Morgan fingerprint density at radius 1 is 1.25 bits per heavy atom. The fourth-order valence-electron chi connectivity index (χ4n) is 2.12. The minimum atomic E-state index is -3.38. The van der Waals surface area contributed by atoms with E-state index < -0.39 is 10.0 Å². The summed E-state index contributed by atoms with van der Waals surface area (Å²) in [4.78, 5) is 11.7. The van der Waals surface area contributed by atoms with Gasteiger partial charge in [0.25, 0.3) is 0 Å². The van der Waals surface area contributed by atoms with Crippen molar-refractivity contribution < 1.29 is 13.2 Å². The minimum Gasteiger partial charge on any atom is -0.325 e. The average Bonchev–Trinajstić information content (AvgIpc) is 2.94. The molecule has 0 aromatic heterocycles. The van der Waals surface area contributed by atoms with Gasteiger partial charge in [-0.2, -0.15) is 16.1 Å². The van der Waals surface area contributed by atoms with E-state index in [0.717, 1.165) is 12.8 Å². The van der Waals surface area contributed by atoms with E-state index in [4.69, 9.17) is 0 Å². The Labute approximate surface area is 123 Å². The fraction of sp³-hybridized carbons (Fsp3) is 0.462. The highest BCUT2D eigenvalue weighted by atomic mass is 32.2. The van der Waals surface area contributed by atoms with E-state index >= 15 is 0 Å². The maximum Gasteiger partial charge on any atom is 0.243 e. The van der Waals surface area contributed by atoms with Crippen LogP contribution >= 0.6 is 11.8 Å². The van der Waals surface area contributed by atoms with Crippen LogP contribution in [0.5, 0.6) is 0 Å². The van der Waals surface area contributed by atoms with Crippen LogP contribution in [0.3, 0.4) is 0 Å². The summed E-state index contributed by atoms with van der Waals surface area (Å²) >= 11 is 1.44. The third-order valence-corrected chi connectivity index (χ3v) is 5.58. The molecule has 0 bridgehead atoms. The number of nitrogens with one attached hydrogen (secondary N) is 1. The summed E-state index contributed by atoms with van der Waals surface area (Å²) in [6, 6.07) is 6.34. The van der Waals surface area contributed by atoms with Crippen LogP contribution in [0.25, 0.3) is 0 Å². The average molecular weight is 314 g/mol. The first kappa shape index (κ1) is 15.3. The molecule has 0 aliphatic carbocycles. The van der Waals surface area contributed by atoms with E-state index in [9.17, 15) is 13.2 Å². The van der Waals surface area contributed by atoms with Gasteiger partial charge >= 0.3 is 0 Å². The second-order valence-corrected chi connectivity index (χ2v) is 7.42. The first-order chi connectivity index (χ1) is 9.54. The van der Waals surface area contributed by atoms with E-state index in [1.165, 1.54) is 16.1 Å². The van der Waals surface area contributed by atoms with Crippen molar-refractivity contribution in [3.8, 4) is 0 Å². The molecule has 0 radical (unpaired) electrons. The Morgan fingerprint density at radius 2 is 1.85 bits per heavy atom. The van der Waals surface area contributed by atoms with Crippen LogP contribution in [-0.4, -0.2) is 43.7 Å². The van der Waals surface area contributed by atoms with Crippen molar-refractivity contribution in [2.45, 2.75) is 17.7 Å². The second-order valence-electron chi connectivity index (χ2n) is 4.62. The SMILES string of the molecule is CSCC(=O)Nc1ccc(S(=O)(=O)N2CCCC2)cc1. The number of carbonyl (C=O) groups is 1. The molecule has 1 N–H and O–H groups in total. The molecule has 110 valence electrons. The molecule has 5 nitrogen and oxygen atoms in total. The molecule has 1 heterocycles. The summed E-state index contributed by atoms with van der Waals surface area (Å²) in [6.07, 6.45) is 3.69. The van der Waals surface area contributed by atoms with Gasteiger partial charge in [-0.05, 0) is 43.4 Å². The lowest BCUT2D eigenvalue weighted by Gasteiger charge is -2.15. The van der Waals surface area contributed by atoms with Crippen LogP contribution in [0.4, 0.5) is 5.69 Å². The predicted molar refractivity (Wildman–Crippen MR) is 81.4 cm³/mol. The van der Waals surface area contributed by atoms with Crippen molar-refractivity contribution in [3.63, 3.8) is 0 Å². The van der Waals surface area contributed by atoms with Gasteiger partial charge in [-0.15, -0.1) is 0 Å². The second kappa shape index (κ2) is 6.60. The largest absolute Gasteiger partial charge is 0.325 e. The lowest BCUT2D eigenvalue weighted by molar-refractivity contribution is -0.113. The number of amides is 1. The zero-order valence-electron chi connectivity index (χ0n) is 11.3. The monoisotopic (exact) mass is 314 g/mol. The van der Waals surface area contributed by atoms with Gasteiger partial charge < -0.3 is 5.32 Å². The van der Waals surface area contributed by atoms with Crippen molar-refractivity contribution in [1.82, 2.24) is 4.31 Å². The maximum absolute atomic E-state index is 12.3. The highest BCUT2D eigenvalue weighted by Crippen LogP contribution is 2.22. The Kier molecular flexibility index (Phi) is 5.06. The van der Waals surface area contributed by atoms with Crippen molar-refractivity contribution in [1.29, 1.82) is 0 Å². The highest BCUT2D eigenvalue weighted by molar-refractivity contribution is 7.99. The summed E-state index contributed by atoms with van der Waals surface area (Å²) in [5, 5.41) is 2.72. The normalized spacial score (nSPS) is 16.2. The molecule has 1 aromatic rings. The molecule has 2 rings (SSSR count). The molecule has 1 amide bonds. The van der Waals surface area contributed by atoms with Gasteiger partial charge in [-0.1, -0.05) is 0 Å². The van der Waals surface area contributed by atoms with Gasteiger partial charge in [-0.25, -0.2) is 8.42 Å². The van der Waals surface area contributed by atoms with Crippen molar-refractivity contribution in [2.24, 2.45) is 0 Å². The zero-order valence-corrected chi connectivity index (χ0v) is 13.0. The van der Waals surface area contributed by atoms with Crippen LogP contribution in [0.2, 0.25) is 0 Å². The van der Waals surface area contributed by atoms with Crippen molar-refractivity contribution in [3.05, 3.63) is 24.3 Å². The summed E-state index contributed by atoms with van der Waals surface area (Å²) in [5.41, 5.74) is 0.615. The quantitative estimate of drug-likeness (QED) is 0.899. The van der Waals surface area contributed by atoms with Gasteiger partial charge in [-0.3, -0.25) is 4.79 Å².